The SMILES string of the molecule is Cc1cccc(NC(=O)CSCC(=O)O[C@H](C)C(=O)Nc2cccc(C#N)c2)c1. The van der Waals surface area contributed by atoms with Crippen molar-refractivity contribution < 1.29 is 19.1 Å². The predicted molar refractivity (Wildman–Crippen MR) is 112 cm³/mol. The van der Waals surface area contributed by atoms with Crippen molar-refractivity contribution in [3.8, 4) is 6.07 Å². The third-order valence-corrected chi connectivity index (χ3v) is 4.60. The van der Waals surface area contributed by atoms with Gasteiger partial charge in [-0.3, -0.25) is 14.4 Å². The Bertz CT molecular complexity index is 940. The summed E-state index contributed by atoms with van der Waals surface area (Å²) in [6, 6.07) is 15.8. The van der Waals surface area contributed by atoms with Gasteiger partial charge < -0.3 is 15.4 Å². The van der Waals surface area contributed by atoms with Crippen LogP contribution in [-0.2, 0) is 19.1 Å². The Morgan fingerprint density at radius 1 is 1.07 bits per heavy atom. The topological polar surface area (TPSA) is 108 Å². The molecule has 0 fully saturated rings. The van der Waals surface area contributed by atoms with Crippen LogP contribution < -0.4 is 10.6 Å². The van der Waals surface area contributed by atoms with Gasteiger partial charge in [0.15, 0.2) is 6.10 Å². The molecule has 7 nitrogen and oxygen atoms in total. The molecule has 0 unspecified atom stereocenters. The Balaban J connectivity index is 1.71. The summed E-state index contributed by atoms with van der Waals surface area (Å²) in [7, 11) is 0. The summed E-state index contributed by atoms with van der Waals surface area (Å²) in [6.07, 6.45) is -1.00. The van der Waals surface area contributed by atoms with Crippen LogP contribution in [0, 0.1) is 18.3 Å². The van der Waals surface area contributed by atoms with Crippen LogP contribution in [0.4, 0.5) is 11.4 Å². The molecule has 2 amide bonds. The van der Waals surface area contributed by atoms with Gasteiger partial charge >= 0.3 is 5.97 Å². The van der Waals surface area contributed by atoms with Gasteiger partial charge in [-0.2, -0.15) is 5.26 Å². The highest BCUT2D eigenvalue weighted by molar-refractivity contribution is 8.00. The first-order valence-electron chi connectivity index (χ1n) is 8.82. The molecule has 2 aromatic carbocycles. The number of nitriles is 1. The van der Waals surface area contributed by atoms with E-state index in [2.05, 4.69) is 10.6 Å². The number of esters is 1. The maximum Gasteiger partial charge on any atom is 0.316 e. The van der Waals surface area contributed by atoms with Crippen molar-refractivity contribution in [1.82, 2.24) is 0 Å². The van der Waals surface area contributed by atoms with E-state index in [1.807, 2.05) is 31.2 Å². The molecule has 0 saturated heterocycles. The Hall–Kier alpha value is -3.31. The van der Waals surface area contributed by atoms with Crippen molar-refractivity contribution in [2.24, 2.45) is 0 Å². The largest absolute Gasteiger partial charge is 0.452 e. The zero-order valence-corrected chi connectivity index (χ0v) is 16.9. The van der Waals surface area contributed by atoms with E-state index in [9.17, 15) is 14.4 Å². The summed E-state index contributed by atoms with van der Waals surface area (Å²) < 4.78 is 5.09. The van der Waals surface area contributed by atoms with Crippen LogP contribution in [0.5, 0.6) is 0 Å². The maximum atomic E-state index is 12.1. The van der Waals surface area contributed by atoms with Crippen LogP contribution in [0.2, 0.25) is 0 Å². The number of nitrogens with one attached hydrogen (secondary N) is 2. The van der Waals surface area contributed by atoms with Crippen LogP contribution in [0.15, 0.2) is 48.5 Å². The third kappa shape index (κ3) is 7.68. The highest BCUT2D eigenvalue weighted by Crippen LogP contribution is 2.12. The fourth-order valence-electron chi connectivity index (χ4n) is 2.34. The monoisotopic (exact) mass is 411 g/mol. The van der Waals surface area contributed by atoms with E-state index in [-0.39, 0.29) is 17.4 Å². The van der Waals surface area contributed by atoms with Gasteiger partial charge in [-0.15, -0.1) is 11.8 Å². The van der Waals surface area contributed by atoms with E-state index in [1.165, 1.54) is 13.0 Å². The van der Waals surface area contributed by atoms with Crippen molar-refractivity contribution in [3.05, 3.63) is 59.7 Å². The number of carbonyl (C=O) groups excluding carboxylic acids is 3. The van der Waals surface area contributed by atoms with Gasteiger partial charge in [0, 0.05) is 11.4 Å². The number of hydrogen-bond acceptors (Lipinski definition) is 6. The molecule has 0 spiro atoms. The molecule has 0 saturated carbocycles. The number of benzene rings is 2. The molecule has 0 aliphatic heterocycles. The number of carbonyl (C=O) groups is 3. The van der Waals surface area contributed by atoms with Crippen LogP contribution in [0.3, 0.4) is 0 Å². The number of rotatable bonds is 8. The van der Waals surface area contributed by atoms with E-state index >= 15 is 0 Å². The standard InChI is InChI=1S/C21H21N3O4S/c1-14-5-3-7-17(9-14)23-19(25)12-29-13-20(26)28-15(2)21(27)24-18-8-4-6-16(10-18)11-22/h3-10,15H,12-13H2,1-2H3,(H,23,25)(H,24,27)/t15-/m1/s1. The number of anilines is 2. The molecule has 2 aromatic rings. The Labute approximate surface area is 173 Å². The fourth-order valence-corrected chi connectivity index (χ4v) is 2.94. The second-order valence-electron chi connectivity index (χ2n) is 6.22. The average molecular weight is 411 g/mol. The van der Waals surface area contributed by atoms with Crippen LogP contribution >= 0.6 is 11.8 Å². The summed E-state index contributed by atoms with van der Waals surface area (Å²) in [5.41, 5.74) is 2.58. The molecule has 0 heterocycles. The molecule has 8 heteroatoms. The van der Waals surface area contributed by atoms with Crippen LogP contribution in [-0.4, -0.2) is 35.4 Å². The zero-order chi connectivity index (χ0) is 21.2. The van der Waals surface area contributed by atoms with Crippen molar-refractivity contribution in [2.45, 2.75) is 20.0 Å². The summed E-state index contributed by atoms with van der Waals surface area (Å²) in [6.45, 7) is 3.38. The van der Waals surface area contributed by atoms with Crippen molar-refractivity contribution >= 4 is 40.9 Å². The van der Waals surface area contributed by atoms with Gasteiger partial charge in [0.05, 0.1) is 23.1 Å². The number of ether oxygens (including phenoxy) is 1. The van der Waals surface area contributed by atoms with E-state index in [4.69, 9.17) is 10.00 Å². The Morgan fingerprint density at radius 3 is 2.45 bits per heavy atom. The average Bonchev–Trinajstić information content (AvgIpc) is 2.68. The fraction of sp³-hybridized carbons (Fsp3) is 0.238. The molecule has 2 N–H and O–H groups in total. The molecular weight excluding hydrogens is 390 g/mol. The van der Waals surface area contributed by atoms with E-state index in [0.29, 0.717) is 16.9 Å². The summed E-state index contributed by atoms with van der Waals surface area (Å²) in [4.78, 5) is 35.9. The van der Waals surface area contributed by atoms with Crippen LogP contribution in [0.25, 0.3) is 0 Å². The number of thioether (sulfide) groups is 1. The molecule has 150 valence electrons. The first-order chi connectivity index (χ1) is 13.9. The number of nitrogens with zero attached hydrogens (tertiary/aromatic N) is 1. The first kappa shape index (κ1) is 22.0. The van der Waals surface area contributed by atoms with Crippen molar-refractivity contribution in [1.29, 1.82) is 5.26 Å². The molecule has 2 rings (SSSR count). The normalized spacial score (nSPS) is 11.1. The van der Waals surface area contributed by atoms with Gasteiger partial charge in [0.1, 0.15) is 0 Å². The number of hydrogen-bond donors (Lipinski definition) is 2. The molecule has 0 aliphatic rings. The molecule has 0 aliphatic carbocycles. The molecule has 0 bridgehead atoms. The minimum absolute atomic E-state index is 0.0528. The molecule has 0 aromatic heterocycles. The second-order valence-corrected chi connectivity index (χ2v) is 7.21. The number of aryl methyl sites for hydroxylation is 1. The highest BCUT2D eigenvalue weighted by atomic mass is 32.2. The molecular formula is C21H21N3O4S. The predicted octanol–water partition coefficient (Wildman–Crippen LogP) is 3.11. The summed E-state index contributed by atoms with van der Waals surface area (Å²) >= 11 is 1.10. The number of amides is 2. The van der Waals surface area contributed by atoms with Gasteiger partial charge in [0.25, 0.3) is 5.91 Å². The van der Waals surface area contributed by atoms with E-state index in [0.717, 1.165) is 17.3 Å². The maximum absolute atomic E-state index is 12.1. The minimum atomic E-state index is -1.00. The van der Waals surface area contributed by atoms with Crippen LogP contribution in [0.1, 0.15) is 18.1 Å². The minimum Gasteiger partial charge on any atom is -0.452 e. The van der Waals surface area contributed by atoms with E-state index in [1.54, 1.807) is 24.3 Å². The lowest BCUT2D eigenvalue weighted by Gasteiger charge is -2.13. The smallest absolute Gasteiger partial charge is 0.316 e. The highest BCUT2D eigenvalue weighted by Gasteiger charge is 2.18. The molecule has 1 atom stereocenters. The Kier molecular flexibility index (Phi) is 8.25. The Morgan fingerprint density at radius 2 is 1.76 bits per heavy atom. The summed E-state index contributed by atoms with van der Waals surface area (Å²) in [5.74, 6) is -1.29. The second kappa shape index (κ2) is 10.9. The van der Waals surface area contributed by atoms with Gasteiger partial charge in [0.2, 0.25) is 5.91 Å². The third-order valence-electron chi connectivity index (χ3n) is 3.69. The van der Waals surface area contributed by atoms with Crippen molar-refractivity contribution in [2.75, 3.05) is 22.1 Å². The van der Waals surface area contributed by atoms with Gasteiger partial charge in [-0.1, -0.05) is 18.2 Å². The lowest BCUT2D eigenvalue weighted by atomic mass is 10.2. The van der Waals surface area contributed by atoms with Crippen molar-refractivity contribution in [3.63, 3.8) is 0 Å². The van der Waals surface area contributed by atoms with E-state index < -0.39 is 18.0 Å². The van der Waals surface area contributed by atoms with Gasteiger partial charge in [-0.05, 0) is 49.7 Å². The molecule has 0 radical (unpaired) electrons. The summed E-state index contributed by atoms with van der Waals surface area (Å²) in [5, 5.41) is 14.2. The zero-order valence-electron chi connectivity index (χ0n) is 16.1. The van der Waals surface area contributed by atoms with Gasteiger partial charge in [-0.25, -0.2) is 0 Å². The lowest BCUT2D eigenvalue weighted by molar-refractivity contribution is -0.150. The lowest BCUT2D eigenvalue weighted by Crippen LogP contribution is -2.30. The first-order valence-corrected chi connectivity index (χ1v) is 9.97. The molecule has 29 heavy (non-hydrogen) atoms. The quantitative estimate of drug-likeness (QED) is 0.646.